The van der Waals surface area contributed by atoms with E-state index in [0.29, 0.717) is 19.6 Å². The SMILES string of the molecule is O=C(O)C1CC(=O)N(C2CCN(C(=O)C3CCC=CCC3)CC2)C1. The number of amides is 2. The summed E-state index contributed by atoms with van der Waals surface area (Å²) in [6.45, 7) is 1.67. The number of hydrogen-bond acceptors (Lipinski definition) is 3. The number of carbonyl (C=O) groups is 3. The van der Waals surface area contributed by atoms with Gasteiger partial charge in [-0.25, -0.2) is 0 Å². The number of rotatable bonds is 3. The number of piperidine rings is 1. The van der Waals surface area contributed by atoms with Gasteiger partial charge in [-0.1, -0.05) is 12.2 Å². The van der Waals surface area contributed by atoms with Gasteiger partial charge in [-0.15, -0.1) is 0 Å². The Bertz CT molecular complexity index is 527. The summed E-state index contributed by atoms with van der Waals surface area (Å²) in [6, 6.07) is 0.0849. The molecule has 1 unspecified atom stereocenters. The molecule has 2 heterocycles. The Labute approximate surface area is 142 Å². The number of carbonyl (C=O) groups excluding carboxylic acids is 2. The normalized spacial score (nSPS) is 26.7. The molecular weight excluding hydrogens is 308 g/mol. The van der Waals surface area contributed by atoms with Crippen LogP contribution in [0.25, 0.3) is 0 Å². The lowest BCUT2D eigenvalue weighted by molar-refractivity contribution is -0.141. The average molecular weight is 334 g/mol. The molecule has 0 aromatic heterocycles. The van der Waals surface area contributed by atoms with Gasteiger partial charge in [-0.2, -0.15) is 0 Å². The first-order valence-corrected chi connectivity index (χ1v) is 9.02. The van der Waals surface area contributed by atoms with Gasteiger partial charge >= 0.3 is 5.97 Å². The maximum Gasteiger partial charge on any atom is 0.308 e. The number of carboxylic acid groups (broad SMARTS) is 1. The van der Waals surface area contributed by atoms with Crippen LogP contribution >= 0.6 is 0 Å². The largest absolute Gasteiger partial charge is 0.481 e. The maximum absolute atomic E-state index is 12.7. The first kappa shape index (κ1) is 17.0. The molecule has 0 saturated carbocycles. The molecule has 0 aromatic carbocycles. The van der Waals surface area contributed by atoms with Gasteiger partial charge in [0.1, 0.15) is 0 Å². The molecule has 0 radical (unpaired) electrons. The summed E-state index contributed by atoms with van der Waals surface area (Å²) in [5.41, 5.74) is 0. The Kier molecular flexibility index (Phi) is 5.21. The number of likely N-dealkylation sites (tertiary alicyclic amines) is 2. The van der Waals surface area contributed by atoms with Crippen molar-refractivity contribution < 1.29 is 19.5 Å². The van der Waals surface area contributed by atoms with Gasteiger partial charge in [0.25, 0.3) is 0 Å². The van der Waals surface area contributed by atoms with Crippen LogP contribution in [0.2, 0.25) is 0 Å². The molecule has 6 nitrogen and oxygen atoms in total. The summed E-state index contributed by atoms with van der Waals surface area (Å²) in [4.78, 5) is 39.5. The van der Waals surface area contributed by atoms with E-state index < -0.39 is 11.9 Å². The molecule has 2 fully saturated rings. The molecule has 2 saturated heterocycles. The third-order valence-corrected chi connectivity index (χ3v) is 5.60. The van der Waals surface area contributed by atoms with Crippen molar-refractivity contribution in [1.82, 2.24) is 9.80 Å². The van der Waals surface area contributed by atoms with Crippen LogP contribution in [0.4, 0.5) is 0 Å². The first-order chi connectivity index (χ1) is 11.6. The molecule has 132 valence electrons. The smallest absolute Gasteiger partial charge is 0.308 e. The minimum atomic E-state index is -0.888. The van der Waals surface area contributed by atoms with Crippen LogP contribution in [0.15, 0.2) is 12.2 Å². The van der Waals surface area contributed by atoms with Crippen molar-refractivity contribution >= 4 is 17.8 Å². The fraction of sp³-hybridized carbons (Fsp3) is 0.722. The second-order valence-corrected chi connectivity index (χ2v) is 7.16. The van der Waals surface area contributed by atoms with Gasteiger partial charge in [-0.05, 0) is 38.5 Å². The van der Waals surface area contributed by atoms with E-state index in [0.717, 1.165) is 38.5 Å². The van der Waals surface area contributed by atoms with E-state index in [2.05, 4.69) is 12.2 Å². The highest BCUT2D eigenvalue weighted by Gasteiger charge is 2.39. The van der Waals surface area contributed by atoms with Gasteiger partial charge in [0.05, 0.1) is 5.92 Å². The fourth-order valence-corrected chi connectivity index (χ4v) is 4.13. The Hall–Kier alpha value is -1.85. The molecule has 3 rings (SSSR count). The Morgan fingerprint density at radius 3 is 2.17 bits per heavy atom. The van der Waals surface area contributed by atoms with Crippen molar-refractivity contribution in [3.63, 3.8) is 0 Å². The summed E-state index contributed by atoms with van der Waals surface area (Å²) >= 11 is 0. The predicted molar refractivity (Wildman–Crippen MR) is 88.2 cm³/mol. The Morgan fingerprint density at radius 1 is 1.00 bits per heavy atom. The molecule has 1 atom stereocenters. The highest BCUT2D eigenvalue weighted by molar-refractivity contribution is 5.86. The van der Waals surface area contributed by atoms with Crippen molar-refractivity contribution in [2.45, 2.75) is 51.0 Å². The van der Waals surface area contributed by atoms with E-state index in [-0.39, 0.29) is 30.2 Å². The zero-order chi connectivity index (χ0) is 17.1. The molecule has 1 aliphatic carbocycles. The summed E-state index contributed by atoms with van der Waals surface area (Å²) in [7, 11) is 0. The zero-order valence-corrected chi connectivity index (χ0v) is 14.0. The molecule has 0 spiro atoms. The van der Waals surface area contributed by atoms with E-state index in [4.69, 9.17) is 5.11 Å². The van der Waals surface area contributed by atoms with Crippen molar-refractivity contribution in [2.75, 3.05) is 19.6 Å². The van der Waals surface area contributed by atoms with E-state index in [9.17, 15) is 14.4 Å². The molecule has 0 bridgehead atoms. The minimum absolute atomic E-state index is 0.0537. The zero-order valence-electron chi connectivity index (χ0n) is 14.0. The monoisotopic (exact) mass is 334 g/mol. The number of carboxylic acids is 1. The summed E-state index contributed by atoms with van der Waals surface area (Å²) in [5.74, 6) is -1.13. The van der Waals surface area contributed by atoms with E-state index in [1.54, 1.807) is 4.90 Å². The lowest BCUT2D eigenvalue weighted by Crippen LogP contribution is -2.48. The van der Waals surface area contributed by atoms with Crippen LogP contribution < -0.4 is 0 Å². The van der Waals surface area contributed by atoms with Crippen molar-refractivity contribution in [3.05, 3.63) is 12.2 Å². The van der Waals surface area contributed by atoms with Gasteiger partial charge in [0.2, 0.25) is 11.8 Å². The molecule has 0 aromatic rings. The first-order valence-electron chi connectivity index (χ1n) is 9.02. The average Bonchev–Trinajstić information content (AvgIpc) is 2.80. The quantitative estimate of drug-likeness (QED) is 0.796. The molecule has 2 amide bonds. The van der Waals surface area contributed by atoms with Crippen LogP contribution in [-0.4, -0.2) is 58.4 Å². The molecular formula is C18H26N2O4. The van der Waals surface area contributed by atoms with E-state index in [1.807, 2.05) is 4.90 Å². The highest BCUT2D eigenvalue weighted by atomic mass is 16.4. The van der Waals surface area contributed by atoms with E-state index >= 15 is 0 Å². The number of allylic oxidation sites excluding steroid dienone is 2. The number of aliphatic carboxylic acids is 1. The highest BCUT2D eigenvalue weighted by Crippen LogP contribution is 2.27. The predicted octanol–water partition coefficient (Wildman–Crippen LogP) is 1.66. The second kappa shape index (κ2) is 7.36. The van der Waals surface area contributed by atoms with Gasteiger partial charge in [0, 0.05) is 38.0 Å². The van der Waals surface area contributed by atoms with Crippen LogP contribution in [0, 0.1) is 11.8 Å². The third-order valence-electron chi connectivity index (χ3n) is 5.60. The van der Waals surface area contributed by atoms with Gasteiger partial charge in [-0.3, -0.25) is 14.4 Å². The Balaban J connectivity index is 1.51. The number of hydrogen-bond donors (Lipinski definition) is 1. The van der Waals surface area contributed by atoms with Crippen molar-refractivity contribution in [2.24, 2.45) is 11.8 Å². The van der Waals surface area contributed by atoms with Gasteiger partial charge < -0.3 is 14.9 Å². The van der Waals surface area contributed by atoms with E-state index in [1.165, 1.54) is 0 Å². The molecule has 2 aliphatic heterocycles. The molecule has 3 aliphatic rings. The van der Waals surface area contributed by atoms with Crippen LogP contribution in [0.1, 0.15) is 44.9 Å². The Morgan fingerprint density at radius 2 is 1.62 bits per heavy atom. The summed E-state index contributed by atoms with van der Waals surface area (Å²) < 4.78 is 0. The molecule has 6 heteroatoms. The summed E-state index contributed by atoms with van der Waals surface area (Å²) in [6.07, 6.45) is 9.78. The third kappa shape index (κ3) is 3.62. The molecule has 24 heavy (non-hydrogen) atoms. The standard InChI is InChI=1S/C18H26N2O4/c21-16-11-14(18(23)24)12-20(16)15-7-9-19(10-8-15)17(22)13-5-3-1-2-4-6-13/h1-2,13-15H,3-12H2,(H,23,24). The lowest BCUT2D eigenvalue weighted by atomic mass is 9.96. The van der Waals surface area contributed by atoms with Gasteiger partial charge in [0.15, 0.2) is 0 Å². The maximum atomic E-state index is 12.7. The lowest BCUT2D eigenvalue weighted by Gasteiger charge is -2.38. The van der Waals surface area contributed by atoms with Crippen molar-refractivity contribution in [3.8, 4) is 0 Å². The number of nitrogens with zero attached hydrogens (tertiary/aromatic N) is 2. The van der Waals surface area contributed by atoms with Crippen LogP contribution in [-0.2, 0) is 14.4 Å². The molecule has 1 N–H and O–H groups in total. The van der Waals surface area contributed by atoms with Crippen molar-refractivity contribution in [1.29, 1.82) is 0 Å². The van der Waals surface area contributed by atoms with Crippen LogP contribution in [0.3, 0.4) is 0 Å². The minimum Gasteiger partial charge on any atom is -0.481 e. The summed E-state index contributed by atoms with van der Waals surface area (Å²) in [5, 5.41) is 9.09. The van der Waals surface area contributed by atoms with Crippen LogP contribution in [0.5, 0.6) is 0 Å². The fourth-order valence-electron chi connectivity index (χ4n) is 4.13. The topological polar surface area (TPSA) is 77.9 Å². The second-order valence-electron chi connectivity index (χ2n) is 7.16.